The molecular formula is C25H28ClNO3. The molecule has 0 aliphatic rings. The van der Waals surface area contributed by atoms with Crippen LogP contribution in [0, 0.1) is 0 Å². The Morgan fingerprint density at radius 2 is 1.50 bits per heavy atom. The molecular weight excluding hydrogens is 398 g/mol. The predicted octanol–water partition coefficient (Wildman–Crippen LogP) is 5.66. The molecule has 0 unspecified atom stereocenters. The highest BCUT2D eigenvalue weighted by Crippen LogP contribution is 2.33. The number of halogens is 1. The van der Waals surface area contributed by atoms with Gasteiger partial charge in [0.1, 0.15) is 5.75 Å². The lowest BCUT2D eigenvalue weighted by molar-refractivity contribution is 0.311. The van der Waals surface area contributed by atoms with Gasteiger partial charge in [0.15, 0.2) is 11.5 Å². The Labute approximate surface area is 183 Å². The van der Waals surface area contributed by atoms with Crippen LogP contribution in [0.2, 0.25) is 5.02 Å². The number of hydrogen-bond donors (Lipinski definition) is 1. The molecule has 3 rings (SSSR count). The van der Waals surface area contributed by atoms with Crippen molar-refractivity contribution in [3.8, 4) is 17.2 Å². The molecule has 0 aliphatic carbocycles. The molecule has 0 amide bonds. The Hall–Kier alpha value is -2.69. The van der Waals surface area contributed by atoms with Gasteiger partial charge in [-0.15, -0.1) is 0 Å². The lowest BCUT2D eigenvalue weighted by Gasteiger charge is -2.12. The first-order valence-electron chi connectivity index (χ1n) is 10.1. The maximum Gasteiger partial charge on any atom is 0.162 e. The molecule has 0 radical (unpaired) electrons. The SMILES string of the molecule is COc1cc(Cl)c(CNCc2ccc(OCCCc3ccccc3)cc2)cc1OC. The van der Waals surface area contributed by atoms with Gasteiger partial charge in [0.05, 0.1) is 20.8 Å². The summed E-state index contributed by atoms with van der Waals surface area (Å²) < 4.78 is 16.5. The van der Waals surface area contributed by atoms with Crippen molar-refractivity contribution in [2.45, 2.75) is 25.9 Å². The van der Waals surface area contributed by atoms with E-state index in [9.17, 15) is 0 Å². The minimum Gasteiger partial charge on any atom is -0.494 e. The molecule has 3 aromatic rings. The molecule has 3 aromatic carbocycles. The van der Waals surface area contributed by atoms with E-state index in [2.05, 4.69) is 41.7 Å². The third kappa shape index (κ3) is 6.41. The van der Waals surface area contributed by atoms with Crippen molar-refractivity contribution in [2.75, 3.05) is 20.8 Å². The third-order valence-electron chi connectivity index (χ3n) is 4.84. The average molecular weight is 426 g/mol. The number of hydrogen-bond acceptors (Lipinski definition) is 4. The molecule has 0 aliphatic heterocycles. The minimum absolute atomic E-state index is 0.630. The van der Waals surface area contributed by atoms with E-state index in [0.29, 0.717) is 29.7 Å². The van der Waals surface area contributed by atoms with E-state index in [-0.39, 0.29) is 0 Å². The van der Waals surface area contributed by atoms with Crippen molar-refractivity contribution in [3.05, 3.63) is 88.4 Å². The van der Waals surface area contributed by atoms with Gasteiger partial charge in [0.25, 0.3) is 0 Å². The van der Waals surface area contributed by atoms with Crippen LogP contribution in [0.25, 0.3) is 0 Å². The monoisotopic (exact) mass is 425 g/mol. The number of rotatable bonds is 11. The highest BCUT2D eigenvalue weighted by Gasteiger charge is 2.09. The summed E-state index contributed by atoms with van der Waals surface area (Å²) in [5, 5.41) is 4.07. The molecule has 158 valence electrons. The van der Waals surface area contributed by atoms with Gasteiger partial charge in [0.2, 0.25) is 0 Å². The molecule has 0 atom stereocenters. The highest BCUT2D eigenvalue weighted by atomic mass is 35.5. The summed E-state index contributed by atoms with van der Waals surface area (Å²) in [6.45, 7) is 2.08. The van der Waals surface area contributed by atoms with E-state index >= 15 is 0 Å². The molecule has 0 spiro atoms. The van der Waals surface area contributed by atoms with Crippen LogP contribution in [-0.4, -0.2) is 20.8 Å². The topological polar surface area (TPSA) is 39.7 Å². The quantitative estimate of drug-likeness (QED) is 0.402. The van der Waals surface area contributed by atoms with Crippen molar-refractivity contribution >= 4 is 11.6 Å². The number of nitrogens with one attached hydrogen (secondary N) is 1. The van der Waals surface area contributed by atoms with Crippen LogP contribution in [-0.2, 0) is 19.5 Å². The predicted molar refractivity (Wildman–Crippen MR) is 122 cm³/mol. The van der Waals surface area contributed by atoms with Crippen molar-refractivity contribution in [1.82, 2.24) is 5.32 Å². The summed E-state index contributed by atoms with van der Waals surface area (Å²) in [4.78, 5) is 0. The normalized spacial score (nSPS) is 10.6. The third-order valence-corrected chi connectivity index (χ3v) is 5.19. The minimum atomic E-state index is 0.630. The molecule has 30 heavy (non-hydrogen) atoms. The zero-order valence-corrected chi connectivity index (χ0v) is 18.2. The fourth-order valence-electron chi connectivity index (χ4n) is 3.19. The van der Waals surface area contributed by atoms with Gasteiger partial charge in [0, 0.05) is 24.2 Å². The standard InChI is InChI=1S/C25H28ClNO3/c1-28-24-15-21(23(26)16-25(24)29-2)18-27-17-20-10-12-22(13-11-20)30-14-6-9-19-7-4-3-5-8-19/h3-5,7-8,10-13,15-16,27H,6,9,14,17-18H2,1-2H3. The Morgan fingerprint density at radius 3 is 2.20 bits per heavy atom. The van der Waals surface area contributed by atoms with Crippen LogP contribution >= 0.6 is 11.6 Å². The van der Waals surface area contributed by atoms with Crippen LogP contribution < -0.4 is 19.5 Å². The van der Waals surface area contributed by atoms with Gasteiger partial charge in [-0.1, -0.05) is 54.1 Å². The summed E-state index contributed by atoms with van der Waals surface area (Å²) in [6, 6.07) is 22.4. The molecule has 4 nitrogen and oxygen atoms in total. The van der Waals surface area contributed by atoms with Crippen molar-refractivity contribution < 1.29 is 14.2 Å². The second kappa shape index (κ2) is 11.5. The van der Waals surface area contributed by atoms with Crippen LogP contribution in [0.15, 0.2) is 66.7 Å². The number of ether oxygens (including phenoxy) is 3. The summed E-state index contributed by atoms with van der Waals surface area (Å²) in [5.41, 5.74) is 3.49. The molecule has 0 fully saturated rings. The highest BCUT2D eigenvalue weighted by molar-refractivity contribution is 6.31. The number of methoxy groups -OCH3 is 2. The van der Waals surface area contributed by atoms with Crippen molar-refractivity contribution in [3.63, 3.8) is 0 Å². The molecule has 0 aromatic heterocycles. The largest absolute Gasteiger partial charge is 0.494 e. The average Bonchev–Trinajstić information content (AvgIpc) is 2.79. The van der Waals surface area contributed by atoms with Gasteiger partial charge in [-0.2, -0.15) is 0 Å². The fraction of sp³-hybridized carbons (Fsp3) is 0.280. The summed E-state index contributed by atoms with van der Waals surface area (Å²) in [6.07, 6.45) is 2.03. The molecule has 0 saturated carbocycles. The van der Waals surface area contributed by atoms with E-state index in [1.54, 1.807) is 20.3 Å². The smallest absolute Gasteiger partial charge is 0.162 e. The second-order valence-corrected chi connectivity index (χ2v) is 7.39. The molecule has 5 heteroatoms. The van der Waals surface area contributed by atoms with Gasteiger partial charge in [-0.3, -0.25) is 0 Å². The zero-order chi connectivity index (χ0) is 21.2. The van der Waals surface area contributed by atoms with Gasteiger partial charge in [-0.25, -0.2) is 0 Å². The van der Waals surface area contributed by atoms with E-state index < -0.39 is 0 Å². The van der Waals surface area contributed by atoms with Crippen LogP contribution in [0.3, 0.4) is 0 Å². The first-order chi connectivity index (χ1) is 14.7. The van der Waals surface area contributed by atoms with Gasteiger partial charge < -0.3 is 19.5 Å². The van der Waals surface area contributed by atoms with E-state index in [1.165, 1.54) is 11.1 Å². The number of aryl methyl sites for hydroxylation is 1. The molecule has 0 heterocycles. The zero-order valence-electron chi connectivity index (χ0n) is 17.5. The van der Waals surface area contributed by atoms with Crippen molar-refractivity contribution in [1.29, 1.82) is 0 Å². The lowest BCUT2D eigenvalue weighted by atomic mass is 10.1. The van der Waals surface area contributed by atoms with Crippen LogP contribution in [0.5, 0.6) is 17.2 Å². The van der Waals surface area contributed by atoms with Gasteiger partial charge in [-0.05, 0) is 47.7 Å². The number of benzene rings is 3. The Bertz CT molecular complexity index is 914. The van der Waals surface area contributed by atoms with E-state index in [0.717, 1.165) is 30.7 Å². The summed E-state index contributed by atoms with van der Waals surface area (Å²) in [7, 11) is 3.22. The van der Waals surface area contributed by atoms with Gasteiger partial charge >= 0.3 is 0 Å². The maximum atomic E-state index is 6.35. The van der Waals surface area contributed by atoms with Crippen LogP contribution in [0.4, 0.5) is 0 Å². The summed E-state index contributed by atoms with van der Waals surface area (Å²) >= 11 is 6.35. The molecule has 0 saturated heterocycles. The second-order valence-electron chi connectivity index (χ2n) is 6.98. The van der Waals surface area contributed by atoms with E-state index in [1.807, 2.05) is 24.3 Å². The Balaban J connectivity index is 1.42. The lowest BCUT2D eigenvalue weighted by Crippen LogP contribution is -2.13. The first-order valence-corrected chi connectivity index (χ1v) is 10.4. The Morgan fingerprint density at radius 1 is 0.800 bits per heavy atom. The van der Waals surface area contributed by atoms with Crippen LogP contribution in [0.1, 0.15) is 23.1 Å². The molecule has 0 bridgehead atoms. The van der Waals surface area contributed by atoms with E-state index in [4.69, 9.17) is 25.8 Å². The summed E-state index contributed by atoms with van der Waals surface area (Å²) in [5.74, 6) is 2.20. The first kappa shape index (κ1) is 22.0. The molecule has 1 N–H and O–H groups in total. The Kier molecular flexibility index (Phi) is 8.42. The van der Waals surface area contributed by atoms with Crippen molar-refractivity contribution in [2.24, 2.45) is 0 Å². The maximum absolute atomic E-state index is 6.35. The fourth-order valence-corrected chi connectivity index (χ4v) is 3.41.